The standard InChI is InChI=1S/C6H15N2/c1-3-8-6(2)4-5-7/h6-8H,3-5H2,1-2H3. The van der Waals surface area contributed by atoms with Gasteiger partial charge in [0.2, 0.25) is 0 Å². The molecule has 0 fully saturated rings. The first-order valence-electron chi connectivity index (χ1n) is 3.19. The average molecular weight is 115 g/mol. The molecule has 2 nitrogen and oxygen atoms in total. The molecule has 1 radical (unpaired) electrons. The second-order valence-corrected chi connectivity index (χ2v) is 2.00. The fraction of sp³-hybridized carbons (Fsp3) is 1.00. The highest BCUT2D eigenvalue weighted by Crippen LogP contribution is 1.85. The predicted molar refractivity (Wildman–Crippen MR) is 35.7 cm³/mol. The summed E-state index contributed by atoms with van der Waals surface area (Å²) in [6.45, 7) is 5.74. The van der Waals surface area contributed by atoms with Crippen LogP contribution in [-0.4, -0.2) is 19.1 Å². The Hall–Kier alpha value is -0.0800. The van der Waals surface area contributed by atoms with Crippen molar-refractivity contribution < 1.29 is 0 Å². The molecule has 8 heavy (non-hydrogen) atoms. The lowest BCUT2D eigenvalue weighted by molar-refractivity contribution is 0.534. The van der Waals surface area contributed by atoms with Gasteiger partial charge in [0.15, 0.2) is 0 Å². The van der Waals surface area contributed by atoms with Crippen LogP contribution in [0.5, 0.6) is 0 Å². The quantitative estimate of drug-likeness (QED) is 0.574. The summed E-state index contributed by atoms with van der Waals surface area (Å²) < 4.78 is 0. The highest BCUT2D eigenvalue weighted by Gasteiger charge is 1.94. The third-order valence-corrected chi connectivity index (χ3v) is 1.13. The van der Waals surface area contributed by atoms with E-state index in [-0.39, 0.29) is 0 Å². The molecular weight excluding hydrogens is 100 g/mol. The van der Waals surface area contributed by atoms with Crippen molar-refractivity contribution in [3.63, 3.8) is 0 Å². The summed E-state index contributed by atoms with van der Waals surface area (Å²) in [6, 6.07) is 0.525. The molecule has 0 aliphatic heterocycles. The van der Waals surface area contributed by atoms with E-state index in [0.717, 1.165) is 13.0 Å². The molecule has 0 aliphatic carbocycles. The zero-order chi connectivity index (χ0) is 6.41. The minimum atomic E-state index is 0.525. The molecule has 2 N–H and O–H groups in total. The molecule has 0 saturated heterocycles. The molecule has 1 atom stereocenters. The Morgan fingerprint density at radius 2 is 2.25 bits per heavy atom. The van der Waals surface area contributed by atoms with Gasteiger partial charge in [0.25, 0.3) is 0 Å². The van der Waals surface area contributed by atoms with Crippen LogP contribution in [0.4, 0.5) is 0 Å². The Morgan fingerprint density at radius 1 is 1.62 bits per heavy atom. The fourth-order valence-corrected chi connectivity index (χ4v) is 0.667. The second kappa shape index (κ2) is 5.06. The molecule has 0 aromatic rings. The van der Waals surface area contributed by atoms with E-state index in [1.807, 2.05) is 0 Å². The van der Waals surface area contributed by atoms with Crippen LogP contribution in [0.3, 0.4) is 0 Å². The Kier molecular flexibility index (Phi) is 5.01. The summed E-state index contributed by atoms with van der Waals surface area (Å²) in [5.74, 6) is 0. The van der Waals surface area contributed by atoms with Gasteiger partial charge in [-0.2, -0.15) is 0 Å². The summed E-state index contributed by atoms with van der Waals surface area (Å²) in [5, 5.41) is 3.23. The van der Waals surface area contributed by atoms with Crippen LogP contribution in [0.25, 0.3) is 0 Å². The van der Waals surface area contributed by atoms with Gasteiger partial charge in [-0.3, -0.25) is 5.73 Å². The molecule has 0 bridgehead atoms. The maximum Gasteiger partial charge on any atom is 0.0114 e. The Balaban J connectivity index is 2.92. The smallest absolute Gasteiger partial charge is 0.0114 e. The van der Waals surface area contributed by atoms with Crippen molar-refractivity contribution in [1.29, 1.82) is 0 Å². The van der Waals surface area contributed by atoms with Crippen LogP contribution in [0.1, 0.15) is 20.3 Å². The molecule has 0 aliphatic rings. The minimum Gasteiger partial charge on any atom is -0.314 e. The van der Waals surface area contributed by atoms with Gasteiger partial charge in [-0.1, -0.05) is 6.92 Å². The maximum atomic E-state index is 6.87. The summed E-state index contributed by atoms with van der Waals surface area (Å²) in [5.41, 5.74) is 6.87. The number of nitrogens with one attached hydrogen (secondary N) is 2. The van der Waals surface area contributed by atoms with Gasteiger partial charge < -0.3 is 5.32 Å². The molecule has 1 unspecified atom stereocenters. The molecule has 0 aromatic heterocycles. The van der Waals surface area contributed by atoms with Crippen molar-refractivity contribution in [3.8, 4) is 0 Å². The van der Waals surface area contributed by atoms with Crippen LogP contribution in [0.2, 0.25) is 0 Å². The zero-order valence-corrected chi connectivity index (χ0v) is 5.70. The topological polar surface area (TPSA) is 35.8 Å². The molecule has 0 spiro atoms. The molecular formula is C6H15N2. The van der Waals surface area contributed by atoms with E-state index in [9.17, 15) is 0 Å². The van der Waals surface area contributed by atoms with Gasteiger partial charge >= 0.3 is 0 Å². The Labute approximate surface area is 51.5 Å². The van der Waals surface area contributed by atoms with E-state index < -0.39 is 0 Å². The highest BCUT2D eigenvalue weighted by atomic mass is 14.9. The van der Waals surface area contributed by atoms with E-state index in [1.165, 1.54) is 0 Å². The van der Waals surface area contributed by atoms with Gasteiger partial charge in [-0.25, -0.2) is 0 Å². The lowest BCUT2D eigenvalue weighted by Gasteiger charge is -2.08. The molecule has 0 rings (SSSR count). The first-order chi connectivity index (χ1) is 3.81. The SMILES string of the molecule is CCNC(C)CC[NH]. The molecule has 0 amide bonds. The van der Waals surface area contributed by atoms with Crippen molar-refractivity contribution in [2.24, 2.45) is 0 Å². The van der Waals surface area contributed by atoms with E-state index in [2.05, 4.69) is 19.2 Å². The van der Waals surface area contributed by atoms with E-state index in [1.54, 1.807) is 0 Å². The van der Waals surface area contributed by atoms with Crippen molar-refractivity contribution >= 4 is 0 Å². The minimum absolute atomic E-state index is 0.525. The number of hydrogen-bond acceptors (Lipinski definition) is 1. The maximum absolute atomic E-state index is 6.87. The third kappa shape index (κ3) is 4.09. The molecule has 0 saturated carbocycles. The monoisotopic (exact) mass is 115 g/mol. The Morgan fingerprint density at radius 3 is 2.62 bits per heavy atom. The fourth-order valence-electron chi connectivity index (χ4n) is 0.667. The lowest BCUT2D eigenvalue weighted by Crippen LogP contribution is -2.26. The Bertz CT molecular complexity index is 39.8. The second-order valence-electron chi connectivity index (χ2n) is 2.00. The van der Waals surface area contributed by atoms with E-state index in [4.69, 9.17) is 5.73 Å². The summed E-state index contributed by atoms with van der Waals surface area (Å²) >= 11 is 0. The number of rotatable bonds is 4. The average Bonchev–Trinajstić information content (AvgIpc) is 1.68. The summed E-state index contributed by atoms with van der Waals surface area (Å²) in [7, 11) is 0. The van der Waals surface area contributed by atoms with Crippen molar-refractivity contribution in [1.82, 2.24) is 11.1 Å². The first-order valence-corrected chi connectivity index (χ1v) is 3.19. The molecule has 49 valence electrons. The van der Waals surface area contributed by atoms with Crippen LogP contribution in [-0.2, 0) is 0 Å². The molecule has 0 heterocycles. The van der Waals surface area contributed by atoms with Crippen LogP contribution >= 0.6 is 0 Å². The van der Waals surface area contributed by atoms with Crippen LogP contribution in [0, 0.1) is 0 Å². The van der Waals surface area contributed by atoms with Gasteiger partial charge in [0.05, 0.1) is 0 Å². The van der Waals surface area contributed by atoms with Crippen molar-refractivity contribution in [2.45, 2.75) is 26.3 Å². The zero-order valence-electron chi connectivity index (χ0n) is 5.70. The van der Waals surface area contributed by atoms with Crippen molar-refractivity contribution in [2.75, 3.05) is 13.1 Å². The lowest BCUT2D eigenvalue weighted by atomic mass is 10.2. The van der Waals surface area contributed by atoms with Crippen molar-refractivity contribution in [3.05, 3.63) is 0 Å². The normalized spacial score (nSPS) is 13.9. The first kappa shape index (κ1) is 7.92. The van der Waals surface area contributed by atoms with Gasteiger partial charge in [0.1, 0.15) is 0 Å². The van der Waals surface area contributed by atoms with Gasteiger partial charge in [0, 0.05) is 12.6 Å². The third-order valence-electron chi connectivity index (χ3n) is 1.13. The number of hydrogen-bond donors (Lipinski definition) is 1. The van der Waals surface area contributed by atoms with Gasteiger partial charge in [-0.15, -0.1) is 0 Å². The van der Waals surface area contributed by atoms with E-state index >= 15 is 0 Å². The van der Waals surface area contributed by atoms with Crippen LogP contribution < -0.4 is 11.1 Å². The molecule has 2 heteroatoms. The highest BCUT2D eigenvalue weighted by molar-refractivity contribution is 4.57. The largest absolute Gasteiger partial charge is 0.314 e. The van der Waals surface area contributed by atoms with E-state index in [0.29, 0.717) is 12.6 Å². The summed E-state index contributed by atoms with van der Waals surface area (Å²) in [6.07, 6.45) is 0.966. The van der Waals surface area contributed by atoms with Gasteiger partial charge in [-0.05, 0) is 19.9 Å². The predicted octanol–water partition coefficient (Wildman–Crippen LogP) is 0.657. The summed E-state index contributed by atoms with van der Waals surface area (Å²) in [4.78, 5) is 0. The van der Waals surface area contributed by atoms with Crippen LogP contribution in [0.15, 0.2) is 0 Å². The molecule has 0 aromatic carbocycles.